The van der Waals surface area contributed by atoms with Crippen LogP contribution in [0.5, 0.6) is 0 Å². The van der Waals surface area contributed by atoms with Gasteiger partial charge >= 0.3 is 5.97 Å². The van der Waals surface area contributed by atoms with Gasteiger partial charge in [0.2, 0.25) is 5.91 Å². The monoisotopic (exact) mass is 243 g/mol. The summed E-state index contributed by atoms with van der Waals surface area (Å²) in [5.74, 6) is -0.370. The summed E-state index contributed by atoms with van der Waals surface area (Å²) in [5.41, 5.74) is 0. The molecule has 0 N–H and O–H groups in total. The lowest BCUT2D eigenvalue weighted by Gasteiger charge is -2.24. The Balaban J connectivity index is 4.36. The van der Waals surface area contributed by atoms with E-state index in [0.717, 1.165) is 25.8 Å². The standard InChI is InChI=1S/C13H25NO3/c1-5-7-9-14(12(15)8-6-2)10-11(3)13(16)17-4/h11H,5-10H2,1-4H3. The zero-order valence-corrected chi connectivity index (χ0v) is 11.5. The number of hydrogen-bond donors (Lipinski definition) is 0. The largest absolute Gasteiger partial charge is 0.469 e. The molecule has 0 saturated heterocycles. The minimum Gasteiger partial charge on any atom is -0.469 e. The summed E-state index contributed by atoms with van der Waals surface area (Å²) >= 11 is 0. The van der Waals surface area contributed by atoms with Crippen LogP contribution in [0.3, 0.4) is 0 Å². The van der Waals surface area contributed by atoms with Crippen molar-refractivity contribution in [3.05, 3.63) is 0 Å². The number of hydrogen-bond acceptors (Lipinski definition) is 3. The first kappa shape index (κ1) is 15.9. The number of nitrogens with zero attached hydrogens (tertiary/aromatic N) is 1. The minimum absolute atomic E-state index is 0.136. The quantitative estimate of drug-likeness (QED) is 0.614. The molecule has 0 spiro atoms. The van der Waals surface area contributed by atoms with Crippen molar-refractivity contribution in [3.8, 4) is 0 Å². The maximum absolute atomic E-state index is 11.9. The first-order valence-corrected chi connectivity index (χ1v) is 6.42. The van der Waals surface area contributed by atoms with E-state index < -0.39 is 0 Å². The Kier molecular flexibility index (Phi) is 8.46. The molecule has 17 heavy (non-hydrogen) atoms. The van der Waals surface area contributed by atoms with E-state index in [0.29, 0.717) is 13.0 Å². The summed E-state index contributed by atoms with van der Waals surface area (Å²) in [6.07, 6.45) is 3.41. The molecule has 1 atom stereocenters. The minimum atomic E-state index is -0.254. The van der Waals surface area contributed by atoms with E-state index in [1.807, 2.05) is 6.92 Å². The van der Waals surface area contributed by atoms with Crippen molar-refractivity contribution >= 4 is 11.9 Å². The van der Waals surface area contributed by atoms with Crippen LogP contribution in [0.2, 0.25) is 0 Å². The molecule has 4 heteroatoms. The van der Waals surface area contributed by atoms with Crippen LogP contribution in [0.15, 0.2) is 0 Å². The molecule has 0 heterocycles. The Morgan fingerprint density at radius 3 is 2.35 bits per heavy atom. The van der Waals surface area contributed by atoms with E-state index >= 15 is 0 Å². The Hall–Kier alpha value is -1.06. The zero-order chi connectivity index (χ0) is 13.3. The summed E-state index contributed by atoms with van der Waals surface area (Å²) in [4.78, 5) is 25.0. The number of amides is 1. The second kappa shape index (κ2) is 9.02. The fraction of sp³-hybridized carbons (Fsp3) is 0.846. The Bertz CT molecular complexity index is 241. The number of rotatable bonds is 8. The molecule has 1 amide bonds. The van der Waals surface area contributed by atoms with Crippen LogP contribution in [0.4, 0.5) is 0 Å². The van der Waals surface area contributed by atoms with Crippen molar-refractivity contribution in [1.29, 1.82) is 0 Å². The molecule has 1 unspecified atom stereocenters. The van der Waals surface area contributed by atoms with Crippen LogP contribution < -0.4 is 0 Å². The molecule has 0 aromatic carbocycles. The number of esters is 1. The summed E-state index contributed by atoms with van der Waals surface area (Å²) in [5, 5.41) is 0. The van der Waals surface area contributed by atoms with Gasteiger partial charge in [-0.25, -0.2) is 0 Å². The normalized spacial score (nSPS) is 12.0. The molecule has 100 valence electrons. The van der Waals surface area contributed by atoms with Crippen LogP contribution >= 0.6 is 0 Å². The Morgan fingerprint density at radius 2 is 1.88 bits per heavy atom. The van der Waals surface area contributed by atoms with Gasteiger partial charge in [0, 0.05) is 19.5 Å². The predicted octanol–water partition coefficient (Wildman–Crippen LogP) is 2.22. The molecule has 0 saturated carbocycles. The van der Waals surface area contributed by atoms with E-state index in [4.69, 9.17) is 0 Å². The van der Waals surface area contributed by atoms with Gasteiger partial charge in [0.15, 0.2) is 0 Å². The van der Waals surface area contributed by atoms with Gasteiger partial charge in [-0.2, -0.15) is 0 Å². The van der Waals surface area contributed by atoms with Crippen LogP contribution in [0.25, 0.3) is 0 Å². The first-order chi connectivity index (χ1) is 8.06. The summed E-state index contributed by atoms with van der Waals surface area (Å²) in [6, 6.07) is 0. The summed E-state index contributed by atoms with van der Waals surface area (Å²) in [6.45, 7) is 7.07. The molecular weight excluding hydrogens is 218 g/mol. The van der Waals surface area contributed by atoms with Gasteiger partial charge in [-0.1, -0.05) is 27.2 Å². The molecule has 0 aliphatic heterocycles. The van der Waals surface area contributed by atoms with Crippen LogP contribution in [0.1, 0.15) is 46.5 Å². The van der Waals surface area contributed by atoms with Crippen molar-refractivity contribution in [3.63, 3.8) is 0 Å². The highest BCUT2D eigenvalue weighted by Gasteiger charge is 2.20. The predicted molar refractivity (Wildman–Crippen MR) is 67.6 cm³/mol. The number of carbonyl (C=O) groups is 2. The molecule has 0 aliphatic carbocycles. The maximum Gasteiger partial charge on any atom is 0.310 e. The third-order valence-corrected chi connectivity index (χ3v) is 2.70. The van der Waals surface area contributed by atoms with Gasteiger partial charge in [0.25, 0.3) is 0 Å². The van der Waals surface area contributed by atoms with E-state index in [-0.39, 0.29) is 17.8 Å². The summed E-state index contributed by atoms with van der Waals surface area (Å²) in [7, 11) is 1.38. The van der Waals surface area contributed by atoms with Gasteiger partial charge in [-0.3, -0.25) is 9.59 Å². The molecule has 0 bridgehead atoms. The fourth-order valence-corrected chi connectivity index (χ4v) is 1.65. The van der Waals surface area contributed by atoms with E-state index in [9.17, 15) is 9.59 Å². The van der Waals surface area contributed by atoms with Crippen molar-refractivity contribution in [2.45, 2.75) is 46.5 Å². The van der Waals surface area contributed by atoms with Crippen LogP contribution in [-0.4, -0.2) is 37.0 Å². The Labute approximate surface area is 104 Å². The molecule has 0 aliphatic rings. The number of unbranched alkanes of at least 4 members (excludes halogenated alkanes) is 1. The average molecular weight is 243 g/mol. The smallest absolute Gasteiger partial charge is 0.310 e. The lowest BCUT2D eigenvalue weighted by atomic mass is 10.1. The van der Waals surface area contributed by atoms with Crippen molar-refractivity contribution in [2.75, 3.05) is 20.2 Å². The van der Waals surface area contributed by atoms with Gasteiger partial charge in [-0.15, -0.1) is 0 Å². The van der Waals surface area contributed by atoms with E-state index in [1.165, 1.54) is 7.11 Å². The first-order valence-electron chi connectivity index (χ1n) is 6.42. The van der Waals surface area contributed by atoms with Gasteiger partial charge in [0.1, 0.15) is 0 Å². The lowest BCUT2D eigenvalue weighted by Crippen LogP contribution is -2.37. The van der Waals surface area contributed by atoms with Crippen LogP contribution in [-0.2, 0) is 14.3 Å². The maximum atomic E-state index is 11.9. The number of carbonyl (C=O) groups excluding carboxylic acids is 2. The fourth-order valence-electron chi connectivity index (χ4n) is 1.65. The zero-order valence-electron chi connectivity index (χ0n) is 11.5. The van der Waals surface area contributed by atoms with Crippen LogP contribution in [0, 0.1) is 5.92 Å². The Morgan fingerprint density at radius 1 is 1.24 bits per heavy atom. The highest BCUT2D eigenvalue weighted by molar-refractivity contribution is 5.77. The van der Waals surface area contributed by atoms with E-state index in [2.05, 4.69) is 11.7 Å². The molecule has 0 fully saturated rings. The second-order valence-corrected chi connectivity index (χ2v) is 4.37. The highest BCUT2D eigenvalue weighted by atomic mass is 16.5. The summed E-state index contributed by atoms with van der Waals surface area (Å²) < 4.78 is 4.68. The molecular formula is C13H25NO3. The van der Waals surface area contributed by atoms with Gasteiger partial charge in [-0.05, 0) is 12.8 Å². The highest BCUT2D eigenvalue weighted by Crippen LogP contribution is 2.07. The average Bonchev–Trinajstić information content (AvgIpc) is 2.33. The molecule has 0 radical (unpaired) electrons. The second-order valence-electron chi connectivity index (χ2n) is 4.37. The van der Waals surface area contributed by atoms with Gasteiger partial charge in [0.05, 0.1) is 13.0 Å². The topological polar surface area (TPSA) is 46.6 Å². The third kappa shape index (κ3) is 6.29. The number of ether oxygens (including phenoxy) is 1. The van der Waals surface area contributed by atoms with Gasteiger partial charge < -0.3 is 9.64 Å². The van der Waals surface area contributed by atoms with E-state index in [1.54, 1.807) is 11.8 Å². The van der Waals surface area contributed by atoms with Crippen molar-refractivity contribution in [1.82, 2.24) is 4.90 Å². The van der Waals surface area contributed by atoms with Crippen molar-refractivity contribution < 1.29 is 14.3 Å². The molecule has 0 rings (SSSR count). The van der Waals surface area contributed by atoms with Crippen molar-refractivity contribution in [2.24, 2.45) is 5.92 Å². The molecule has 0 aromatic rings. The molecule has 4 nitrogen and oxygen atoms in total. The SMILES string of the molecule is CCCCN(CC(C)C(=O)OC)C(=O)CCC. The lowest BCUT2D eigenvalue weighted by molar-refractivity contribution is -0.146. The number of methoxy groups -OCH3 is 1. The third-order valence-electron chi connectivity index (χ3n) is 2.70. The molecule has 0 aromatic heterocycles.